The van der Waals surface area contributed by atoms with Gasteiger partial charge in [-0.3, -0.25) is 4.90 Å². The highest BCUT2D eigenvalue weighted by Crippen LogP contribution is 2.45. The van der Waals surface area contributed by atoms with Crippen molar-refractivity contribution >= 4 is 0 Å². The Balaban J connectivity index is 1.10. The Kier molecular flexibility index (Phi) is 5.18. The van der Waals surface area contributed by atoms with Gasteiger partial charge in [-0.15, -0.1) is 0 Å². The molecule has 0 amide bonds. The summed E-state index contributed by atoms with van der Waals surface area (Å²) >= 11 is 0. The number of piperidine rings is 1. The molecule has 4 nitrogen and oxygen atoms in total. The molecule has 4 aliphatic rings. The molecule has 0 aromatic heterocycles. The Hall–Kier alpha value is -0.160. The zero-order valence-corrected chi connectivity index (χ0v) is 17.8. The van der Waals surface area contributed by atoms with Crippen molar-refractivity contribution in [3.05, 3.63) is 0 Å². The van der Waals surface area contributed by atoms with Crippen LogP contribution < -0.4 is 0 Å². The van der Waals surface area contributed by atoms with E-state index in [2.05, 4.69) is 49.3 Å². The molecule has 0 aromatic rings. The van der Waals surface area contributed by atoms with Gasteiger partial charge in [-0.1, -0.05) is 0 Å². The van der Waals surface area contributed by atoms with Crippen LogP contribution in [0.15, 0.2) is 0 Å². The fourth-order valence-electron chi connectivity index (χ4n) is 5.75. The third kappa shape index (κ3) is 4.14. The van der Waals surface area contributed by atoms with Crippen LogP contribution in [0.5, 0.6) is 0 Å². The van der Waals surface area contributed by atoms with Gasteiger partial charge in [-0.2, -0.15) is 0 Å². The fraction of sp³-hybridized carbons (Fsp3) is 1.00. The summed E-state index contributed by atoms with van der Waals surface area (Å²) in [6.45, 7) is 20.6. The number of nitrogens with zero attached hydrogens (tertiary/aromatic N) is 3. The van der Waals surface area contributed by atoms with Gasteiger partial charge in [0.05, 0.1) is 11.7 Å². The second-order valence-corrected chi connectivity index (χ2v) is 11.1. The lowest BCUT2D eigenvalue weighted by molar-refractivity contribution is -0.178. The van der Waals surface area contributed by atoms with Crippen molar-refractivity contribution in [2.75, 3.05) is 45.8 Å². The highest BCUT2D eigenvalue weighted by Gasteiger charge is 2.54. The Bertz CT molecular complexity index is 472. The molecule has 0 aromatic carbocycles. The van der Waals surface area contributed by atoms with Crippen LogP contribution in [0, 0.1) is 11.3 Å². The van der Waals surface area contributed by atoms with Crippen LogP contribution in [0.25, 0.3) is 0 Å². The van der Waals surface area contributed by atoms with Crippen LogP contribution in [0.4, 0.5) is 0 Å². The highest BCUT2D eigenvalue weighted by atomic mass is 16.5. The van der Waals surface area contributed by atoms with Gasteiger partial charge in [0, 0.05) is 50.2 Å². The minimum atomic E-state index is 0.0194. The third-order valence-electron chi connectivity index (χ3n) is 7.20. The second-order valence-electron chi connectivity index (χ2n) is 11.1. The summed E-state index contributed by atoms with van der Waals surface area (Å²) in [7, 11) is 0. The average Bonchev–Trinajstić information content (AvgIpc) is 2.44. The number of rotatable bonds is 5. The normalized spacial score (nSPS) is 33.9. The maximum Gasteiger partial charge on any atom is 0.0612 e. The molecule has 150 valence electrons. The van der Waals surface area contributed by atoms with Gasteiger partial charge in [0.25, 0.3) is 0 Å². The van der Waals surface area contributed by atoms with Crippen molar-refractivity contribution in [3.63, 3.8) is 0 Å². The van der Waals surface area contributed by atoms with Gasteiger partial charge in [0.1, 0.15) is 0 Å². The predicted molar refractivity (Wildman–Crippen MR) is 108 cm³/mol. The lowest BCUT2D eigenvalue weighted by Gasteiger charge is -2.64. The van der Waals surface area contributed by atoms with Crippen molar-refractivity contribution in [3.8, 4) is 0 Å². The zero-order chi connectivity index (χ0) is 18.5. The standard InChI is InChI=1S/C22H41N3O/c1-17(2)24-8-6-18(7-9-24)12-23-13-22(14-23)15-25(16-22)19-10-20(11-19)26-21(3,4)5/h17-20H,6-16H2,1-5H3. The van der Waals surface area contributed by atoms with Crippen LogP contribution in [0.3, 0.4) is 0 Å². The fourth-order valence-corrected chi connectivity index (χ4v) is 5.75. The van der Waals surface area contributed by atoms with Crippen molar-refractivity contribution < 1.29 is 4.74 Å². The topological polar surface area (TPSA) is 19.0 Å². The first-order chi connectivity index (χ1) is 12.2. The Morgan fingerprint density at radius 1 is 1.00 bits per heavy atom. The molecule has 1 saturated carbocycles. The van der Waals surface area contributed by atoms with E-state index in [1.165, 1.54) is 71.5 Å². The van der Waals surface area contributed by atoms with Crippen molar-refractivity contribution in [1.29, 1.82) is 0 Å². The van der Waals surface area contributed by atoms with Crippen LogP contribution in [-0.4, -0.2) is 84.3 Å². The van der Waals surface area contributed by atoms with E-state index in [1.54, 1.807) is 0 Å². The van der Waals surface area contributed by atoms with E-state index >= 15 is 0 Å². The molecule has 26 heavy (non-hydrogen) atoms. The zero-order valence-electron chi connectivity index (χ0n) is 17.8. The molecule has 3 aliphatic heterocycles. The van der Waals surface area contributed by atoms with Gasteiger partial charge in [-0.25, -0.2) is 0 Å². The maximum absolute atomic E-state index is 6.10. The Labute approximate surface area is 161 Å². The first-order valence-corrected chi connectivity index (χ1v) is 11.1. The van der Waals surface area contributed by atoms with Crippen molar-refractivity contribution in [1.82, 2.24) is 14.7 Å². The number of hydrogen-bond donors (Lipinski definition) is 0. The molecule has 1 spiro atoms. The Morgan fingerprint density at radius 2 is 1.62 bits per heavy atom. The molecular formula is C22H41N3O. The van der Waals surface area contributed by atoms with Crippen LogP contribution >= 0.6 is 0 Å². The van der Waals surface area contributed by atoms with E-state index in [0.717, 1.165) is 18.0 Å². The minimum absolute atomic E-state index is 0.0194. The van der Waals surface area contributed by atoms with E-state index in [0.29, 0.717) is 11.5 Å². The van der Waals surface area contributed by atoms with Crippen molar-refractivity contribution in [2.45, 2.75) is 84.1 Å². The first kappa shape index (κ1) is 19.2. The van der Waals surface area contributed by atoms with Crippen LogP contribution in [-0.2, 0) is 4.74 Å². The second kappa shape index (κ2) is 7.02. The van der Waals surface area contributed by atoms with E-state index in [9.17, 15) is 0 Å². The van der Waals surface area contributed by atoms with Gasteiger partial charge in [-0.05, 0) is 79.3 Å². The van der Waals surface area contributed by atoms with Gasteiger partial charge in [0.2, 0.25) is 0 Å². The molecule has 1 aliphatic carbocycles. The van der Waals surface area contributed by atoms with Crippen LogP contribution in [0.1, 0.15) is 60.3 Å². The van der Waals surface area contributed by atoms with Gasteiger partial charge in [0.15, 0.2) is 0 Å². The van der Waals surface area contributed by atoms with Gasteiger partial charge >= 0.3 is 0 Å². The summed E-state index contributed by atoms with van der Waals surface area (Å²) in [5, 5.41) is 0. The first-order valence-electron chi connectivity index (χ1n) is 11.1. The maximum atomic E-state index is 6.10. The molecule has 4 rings (SSSR count). The van der Waals surface area contributed by atoms with E-state index in [-0.39, 0.29) is 5.60 Å². The lowest BCUT2D eigenvalue weighted by atomic mass is 9.69. The molecule has 3 saturated heterocycles. The monoisotopic (exact) mass is 363 g/mol. The van der Waals surface area contributed by atoms with E-state index in [1.807, 2.05) is 0 Å². The van der Waals surface area contributed by atoms with Crippen LogP contribution in [0.2, 0.25) is 0 Å². The summed E-state index contributed by atoms with van der Waals surface area (Å²) in [6.07, 6.45) is 5.83. The molecule has 3 heterocycles. The third-order valence-corrected chi connectivity index (χ3v) is 7.20. The summed E-state index contributed by atoms with van der Waals surface area (Å²) in [4.78, 5) is 8.13. The molecule has 0 atom stereocenters. The molecule has 4 fully saturated rings. The molecule has 0 radical (unpaired) electrons. The largest absolute Gasteiger partial charge is 0.373 e. The number of hydrogen-bond acceptors (Lipinski definition) is 4. The SMILES string of the molecule is CC(C)N1CCC(CN2CC3(C2)CN(C2CC(OC(C)(C)C)C2)C3)CC1. The highest BCUT2D eigenvalue weighted by molar-refractivity contribution is 5.09. The summed E-state index contributed by atoms with van der Waals surface area (Å²) in [6, 6.07) is 1.53. The molecule has 4 heteroatoms. The molecular weight excluding hydrogens is 322 g/mol. The van der Waals surface area contributed by atoms with Gasteiger partial charge < -0.3 is 14.5 Å². The minimum Gasteiger partial charge on any atom is -0.373 e. The average molecular weight is 364 g/mol. The molecule has 0 unspecified atom stereocenters. The smallest absolute Gasteiger partial charge is 0.0612 e. The molecule has 0 N–H and O–H groups in total. The number of ether oxygens (including phenoxy) is 1. The van der Waals surface area contributed by atoms with E-state index < -0.39 is 0 Å². The quantitative estimate of drug-likeness (QED) is 0.747. The molecule has 0 bridgehead atoms. The van der Waals surface area contributed by atoms with Crippen molar-refractivity contribution in [2.24, 2.45) is 11.3 Å². The Morgan fingerprint density at radius 3 is 2.15 bits per heavy atom. The van der Waals surface area contributed by atoms with E-state index in [4.69, 9.17) is 4.74 Å². The summed E-state index contributed by atoms with van der Waals surface area (Å²) in [5.41, 5.74) is 0.681. The summed E-state index contributed by atoms with van der Waals surface area (Å²) < 4.78 is 6.10. The predicted octanol–water partition coefficient (Wildman–Crippen LogP) is 3.07. The summed E-state index contributed by atoms with van der Waals surface area (Å²) in [5.74, 6) is 0.945. The lowest BCUT2D eigenvalue weighted by Crippen LogP contribution is -2.75. The number of likely N-dealkylation sites (tertiary alicyclic amines) is 3.